The molecule has 0 aromatic rings. The molecule has 1 rings (SSSR count). The molecule has 21 heavy (non-hydrogen) atoms. The van der Waals surface area contributed by atoms with Crippen molar-refractivity contribution >= 4 is 6.09 Å². The molecule has 0 aliphatic heterocycles. The first-order valence-electron chi connectivity index (χ1n) is 8.26. The number of rotatable bonds is 9. The van der Waals surface area contributed by atoms with Crippen LogP contribution in [-0.4, -0.2) is 54.7 Å². The van der Waals surface area contributed by atoms with Crippen LogP contribution in [0.5, 0.6) is 0 Å². The molecular formula is C17H32N2O2. The molecule has 4 heteroatoms. The quantitative estimate of drug-likeness (QED) is 0.521. The van der Waals surface area contributed by atoms with Gasteiger partial charge in [-0.1, -0.05) is 31.8 Å². The Balaban J connectivity index is 2.08. The van der Waals surface area contributed by atoms with Crippen LogP contribution < -0.4 is 0 Å². The van der Waals surface area contributed by atoms with Crippen LogP contribution in [0.1, 0.15) is 44.9 Å². The number of unbranched alkanes of at least 4 members (excludes halogenated alkanes) is 1. The van der Waals surface area contributed by atoms with Crippen molar-refractivity contribution in [2.75, 3.05) is 33.7 Å². The summed E-state index contributed by atoms with van der Waals surface area (Å²) in [6, 6.07) is 0. The zero-order valence-electron chi connectivity index (χ0n) is 13.8. The van der Waals surface area contributed by atoms with E-state index in [4.69, 9.17) is 5.11 Å². The van der Waals surface area contributed by atoms with Gasteiger partial charge in [0.15, 0.2) is 0 Å². The third kappa shape index (κ3) is 7.51. The zero-order chi connectivity index (χ0) is 15.7. The average molecular weight is 296 g/mol. The highest BCUT2D eigenvalue weighted by molar-refractivity contribution is 5.64. The van der Waals surface area contributed by atoms with Crippen LogP contribution in [0.15, 0.2) is 12.7 Å². The molecule has 4 nitrogen and oxygen atoms in total. The minimum absolute atomic E-state index is 0.570. The van der Waals surface area contributed by atoms with Crippen LogP contribution in [0.4, 0.5) is 4.79 Å². The van der Waals surface area contributed by atoms with Gasteiger partial charge in [0.05, 0.1) is 0 Å². The minimum Gasteiger partial charge on any atom is -0.465 e. The third-order valence-corrected chi connectivity index (χ3v) is 4.67. The second-order valence-electron chi connectivity index (χ2n) is 6.60. The van der Waals surface area contributed by atoms with E-state index in [1.165, 1.54) is 49.8 Å². The van der Waals surface area contributed by atoms with Crippen LogP contribution in [0, 0.1) is 11.8 Å². The summed E-state index contributed by atoms with van der Waals surface area (Å²) in [7, 11) is 3.82. The van der Waals surface area contributed by atoms with Crippen molar-refractivity contribution in [3.05, 3.63) is 12.7 Å². The molecule has 0 atom stereocenters. The normalized spacial score (nSPS) is 22.2. The van der Waals surface area contributed by atoms with Gasteiger partial charge in [0.1, 0.15) is 0 Å². The van der Waals surface area contributed by atoms with Gasteiger partial charge >= 0.3 is 6.09 Å². The number of likely N-dealkylation sites (N-methyl/N-ethyl adjacent to an activating group) is 1. The first-order valence-corrected chi connectivity index (χ1v) is 8.26. The monoisotopic (exact) mass is 296 g/mol. The van der Waals surface area contributed by atoms with Crippen molar-refractivity contribution in [3.63, 3.8) is 0 Å². The van der Waals surface area contributed by atoms with E-state index in [-0.39, 0.29) is 0 Å². The summed E-state index contributed by atoms with van der Waals surface area (Å²) in [5.74, 6) is 1.43. The third-order valence-electron chi connectivity index (χ3n) is 4.67. The number of carboxylic acid groups (broad SMARTS) is 1. The summed E-state index contributed by atoms with van der Waals surface area (Å²) in [6.07, 6.45) is 10.0. The van der Waals surface area contributed by atoms with E-state index in [9.17, 15) is 4.79 Å². The van der Waals surface area contributed by atoms with Gasteiger partial charge in [0.2, 0.25) is 0 Å². The van der Waals surface area contributed by atoms with Gasteiger partial charge in [-0.3, -0.25) is 0 Å². The van der Waals surface area contributed by atoms with Crippen molar-refractivity contribution in [2.24, 2.45) is 11.8 Å². The molecule has 1 amide bonds. The van der Waals surface area contributed by atoms with E-state index in [2.05, 4.69) is 18.5 Å². The lowest BCUT2D eigenvalue weighted by Crippen LogP contribution is -2.32. The van der Waals surface area contributed by atoms with Gasteiger partial charge in [-0.2, -0.15) is 0 Å². The summed E-state index contributed by atoms with van der Waals surface area (Å²) in [5, 5.41) is 8.91. The molecule has 0 aromatic heterocycles. The van der Waals surface area contributed by atoms with Crippen molar-refractivity contribution in [3.8, 4) is 0 Å². The first kappa shape index (κ1) is 18.0. The minimum atomic E-state index is -0.805. The van der Waals surface area contributed by atoms with Gasteiger partial charge in [-0.05, 0) is 44.7 Å². The second-order valence-corrected chi connectivity index (χ2v) is 6.60. The molecule has 1 aliphatic rings. The van der Waals surface area contributed by atoms with Crippen molar-refractivity contribution < 1.29 is 9.90 Å². The molecule has 1 N–H and O–H groups in total. The fourth-order valence-corrected chi connectivity index (χ4v) is 3.29. The Morgan fingerprint density at radius 1 is 1.19 bits per heavy atom. The Kier molecular flexibility index (Phi) is 8.43. The fraction of sp³-hybridized carbons (Fsp3) is 0.824. The lowest BCUT2D eigenvalue weighted by molar-refractivity contribution is 0.138. The van der Waals surface area contributed by atoms with Crippen molar-refractivity contribution in [1.82, 2.24) is 9.80 Å². The number of hydrogen-bond donors (Lipinski definition) is 1. The molecule has 0 radical (unpaired) electrons. The zero-order valence-corrected chi connectivity index (χ0v) is 13.8. The van der Waals surface area contributed by atoms with Crippen LogP contribution in [0.3, 0.4) is 0 Å². The van der Waals surface area contributed by atoms with Crippen LogP contribution in [0.25, 0.3) is 0 Å². The van der Waals surface area contributed by atoms with Gasteiger partial charge < -0.3 is 14.9 Å². The first-order chi connectivity index (χ1) is 10.0. The molecule has 122 valence electrons. The largest absolute Gasteiger partial charge is 0.465 e. The summed E-state index contributed by atoms with van der Waals surface area (Å²) >= 11 is 0. The van der Waals surface area contributed by atoms with Crippen LogP contribution in [-0.2, 0) is 0 Å². The molecule has 1 aliphatic carbocycles. The SMILES string of the molecule is C=CCN(C)CCCCC1CCC(CN(C)C(=O)O)CC1. The van der Waals surface area contributed by atoms with Gasteiger partial charge in [-0.25, -0.2) is 4.79 Å². The smallest absolute Gasteiger partial charge is 0.407 e. The maximum atomic E-state index is 10.8. The molecule has 0 heterocycles. The van der Waals surface area contributed by atoms with Crippen molar-refractivity contribution in [2.45, 2.75) is 44.9 Å². The highest BCUT2D eigenvalue weighted by Gasteiger charge is 2.22. The number of amides is 1. The Morgan fingerprint density at radius 2 is 1.81 bits per heavy atom. The average Bonchev–Trinajstić information content (AvgIpc) is 2.45. The van der Waals surface area contributed by atoms with Crippen LogP contribution in [0.2, 0.25) is 0 Å². The fourth-order valence-electron chi connectivity index (χ4n) is 3.29. The number of carbonyl (C=O) groups is 1. The predicted molar refractivity (Wildman–Crippen MR) is 87.6 cm³/mol. The lowest BCUT2D eigenvalue weighted by atomic mass is 9.79. The second kappa shape index (κ2) is 9.82. The molecule has 0 unspecified atom stereocenters. The number of nitrogens with zero attached hydrogens (tertiary/aromatic N) is 2. The Labute approximate surface area is 129 Å². The maximum absolute atomic E-state index is 10.8. The van der Waals surface area contributed by atoms with Gasteiger partial charge in [-0.15, -0.1) is 6.58 Å². The van der Waals surface area contributed by atoms with E-state index in [0.29, 0.717) is 12.5 Å². The van der Waals surface area contributed by atoms with E-state index in [1.807, 2.05) is 6.08 Å². The molecular weight excluding hydrogens is 264 g/mol. The molecule has 0 spiro atoms. The Morgan fingerprint density at radius 3 is 2.38 bits per heavy atom. The van der Waals surface area contributed by atoms with E-state index < -0.39 is 6.09 Å². The predicted octanol–water partition coefficient (Wildman–Crippen LogP) is 3.69. The standard InChI is InChI=1S/C17H32N2O2/c1-4-12-18(2)13-6-5-7-15-8-10-16(11-9-15)14-19(3)17(20)21/h4,15-16H,1,5-14H2,2-3H3,(H,20,21). The topological polar surface area (TPSA) is 43.8 Å². The molecule has 0 aromatic carbocycles. The van der Waals surface area contributed by atoms with Crippen LogP contribution >= 0.6 is 0 Å². The summed E-state index contributed by atoms with van der Waals surface area (Å²) in [6.45, 7) is 6.59. The molecule has 0 bridgehead atoms. The Bertz CT molecular complexity index is 312. The number of hydrogen-bond acceptors (Lipinski definition) is 2. The summed E-state index contributed by atoms with van der Waals surface area (Å²) in [4.78, 5) is 14.6. The summed E-state index contributed by atoms with van der Waals surface area (Å²) < 4.78 is 0. The highest BCUT2D eigenvalue weighted by Crippen LogP contribution is 2.32. The lowest BCUT2D eigenvalue weighted by Gasteiger charge is -2.30. The summed E-state index contributed by atoms with van der Waals surface area (Å²) in [5.41, 5.74) is 0. The van der Waals surface area contributed by atoms with E-state index >= 15 is 0 Å². The van der Waals surface area contributed by atoms with Gasteiger partial charge in [0, 0.05) is 20.1 Å². The van der Waals surface area contributed by atoms with E-state index in [0.717, 1.165) is 19.0 Å². The molecule has 1 saturated carbocycles. The van der Waals surface area contributed by atoms with E-state index in [1.54, 1.807) is 7.05 Å². The van der Waals surface area contributed by atoms with Gasteiger partial charge in [0.25, 0.3) is 0 Å². The maximum Gasteiger partial charge on any atom is 0.407 e. The molecule has 1 fully saturated rings. The molecule has 0 saturated heterocycles. The van der Waals surface area contributed by atoms with Crippen molar-refractivity contribution in [1.29, 1.82) is 0 Å². The Hall–Kier alpha value is -1.03. The highest BCUT2D eigenvalue weighted by atomic mass is 16.4.